The van der Waals surface area contributed by atoms with E-state index in [9.17, 15) is 4.79 Å². The number of aromatic nitrogens is 2. The van der Waals surface area contributed by atoms with Crippen molar-refractivity contribution in [1.82, 2.24) is 14.9 Å². The van der Waals surface area contributed by atoms with Gasteiger partial charge in [0.15, 0.2) is 11.7 Å². The molecule has 1 aliphatic rings. The molecule has 0 aliphatic carbocycles. The maximum Gasteiger partial charge on any atom is 0.262 e. The average Bonchev–Trinajstić information content (AvgIpc) is 3.66. The van der Waals surface area contributed by atoms with Crippen molar-refractivity contribution in [3.05, 3.63) is 133 Å². The van der Waals surface area contributed by atoms with E-state index in [1.807, 2.05) is 109 Å². The van der Waals surface area contributed by atoms with Crippen LogP contribution in [0.5, 0.6) is 11.5 Å². The van der Waals surface area contributed by atoms with Gasteiger partial charge in [0.1, 0.15) is 17.5 Å². The lowest BCUT2D eigenvalue weighted by molar-refractivity contribution is -0.118. The minimum absolute atomic E-state index is 0.0824. The Balaban J connectivity index is 1.29. The van der Waals surface area contributed by atoms with Gasteiger partial charge in [0.2, 0.25) is 0 Å². The molecule has 3 aromatic carbocycles. The van der Waals surface area contributed by atoms with Crippen molar-refractivity contribution >= 4 is 34.6 Å². The van der Waals surface area contributed by atoms with E-state index in [2.05, 4.69) is 31.2 Å². The number of hydrogen-bond donors (Lipinski definition) is 2. The summed E-state index contributed by atoms with van der Waals surface area (Å²) in [4.78, 5) is 19.3. The molecule has 42 heavy (non-hydrogen) atoms. The van der Waals surface area contributed by atoms with Crippen molar-refractivity contribution in [2.45, 2.75) is 12.1 Å². The predicted molar refractivity (Wildman–Crippen MR) is 167 cm³/mol. The molecule has 0 spiro atoms. The zero-order chi connectivity index (χ0) is 28.9. The summed E-state index contributed by atoms with van der Waals surface area (Å²) in [5.74, 6) is 1.18. The Morgan fingerprint density at radius 3 is 2.45 bits per heavy atom. The molecule has 1 saturated heterocycles. The van der Waals surface area contributed by atoms with Crippen LogP contribution in [0.15, 0.2) is 122 Å². The van der Waals surface area contributed by atoms with Crippen LogP contribution in [0.3, 0.4) is 0 Å². The summed E-state index contributed by atoms with van der Waals surface area (Å²) in [6.45, 7) is -0.0824. The van der Waals surface area contributed by atoms with Gasteiger partial charge < -0.3 is 29.6 Å². The maximum atomic E-state index is 12.5. The number of thiocarbonyl (C=S) groups is 1. The van der Waals surface area contributed by atoms with Gasteiger partial charge in [-0.15, -0.1) is 0 Å². The molecule has 0 unspecified atom stereocenters. The fraction of sp³-hybridized carbons (Fsp3) is 0.121. The van der Waals surface area contributed by atoms with Crippen LogP contribution in [0.4, 0.5) is 11.4 Å². The van der Waals surface area contributed by atoms with Gasteiger partial charge in [-0.05, 0) is 85.0 Å². The van der Waals surface area contributed by atoms with E-state index in [-0.39, 0.29) is 24.6 Å². The van der Waals surface area contributed by atoms with E-state index >= 15 is 0 Å². The molecule has 0 saturated carbocycles. The largest absolute Gasteiger partial charge is 0.497 e. The Bertz CT molecular complexity index is 1680. The number of anilines is 2. The van der Waals surface area contributed by atoms with Crippen molar-refractivity contribution in [3.8, 4) is 17.2 Å². The SMILES string of the molecule is COc1cccc(-n2cccc2[C@@H]2[C@@H](c3ccccn3)NC(=S)N2c2ccc(NC(=O)COc3ccccc3)cc2)c1. The highest BCUT2D eigenvalue weighted by Crippen LogP contribution is 2.42. The number of hydrogen-bond acceptors (Lipinski definition) is 5. The standard InChI is InChI=1S/C33H29N5O3S/c1-40-27-12-7-9-25(21-27)37-20-8-14-29(37)32-31(28-13-5-6-19-34-28)36-33(42)38(32)24-17-15-23(16-18-24)35-30(39)22-41-26-10-3-2-4-11-26/h2-21,31-32H,22H2,1H3,(H,35,39)(H,36,42)/t31-,32-/m1/s1. The van der Waals surface area contributed by atoms with Crippen LogP contribution >= 0.6 is 12.2 Å². The minimum Gasteiger partial charge on any atom is -0.497 e. The smallest absolute Gasteiger partial charge is 0.262 e. The van der Waals surface area contributed by atoms with Crippen LogP contribution in [0.1, 0.15) is 23.5 Å². The van der Waals surface area contributed by atoms with Gasteiger partial charge in [-0.2, -0.15) is 0 Å². The highest BCUT2D eigenvalue weighted by atomic mass is 32.1. The third kappa shape index (κ3) is 5.68. The molecule has 9 heteroatoms. The summed E-state index contributed by atoms with van der Waals surface area (Å²) in [6.07, 6.45) is 3.83. The molecule has 2 atom stereocenters. The zero-order valence-electron chi connectivity index (χ0n) is 22.9. The Morgan fingerprint density at radius 2 is 1.69 bits per heavy atom. The van der Waals surface area contributed by atoms with Gasteiger partial charge in [-0.3, -0.25) is 9.78 Å². The molecule has 3 heterocycles. The van der Waals surface area contributed by atoms with E-state index in [1.54, 1.807) is 13.3 Å². The Morgan fingerprint density at radius 1 is 0.905 bits per heavy atom. The molecule has 5 aromatic rings. The quantitative estimate of drug-likeness (QED) is 0.206. The van der Waals surface area contributed by atoms with Crippen LogP contribution < -0.4 is 25.0 Å². The molecule has 210 valence electrons. The summed E-state index contributed by atoms with van der Waals surface area (Å²) in [6, 6.07) is 34.4. The number of methoxy groups -OCH3 is 1. The Labute approximate surface area is 249 Å². The van der Waals surface area contributed by atoms with E-state index < -0.39 is 0 Å². The lowest BCUT2D eigenvalue weighted by atomic mass is 10.0. The van der Waals surface area contributed by atoms with Gasteiger partial charge in [-0.1, -0.05) is 30.3 Å². The first kappa shape index (κ1) is 27.0. The molecule has 1 aliphatic heterocycles. The molecular weight excluding hydrogens is 546 g/mol. The summed E-state index contributed by atoms with van der Waals surface area (Å²) in [7, 11) is 1.66. The number of carbonyl (C=O) groups excluding carboxylic acids is 1. The second-order valence-corrected chi connectivity index (χ2v) is 10.1. The van der Waals surface area contributed by atoms with Crippen molar-refractivity contribution < 1.29 is 14.3 Å². The predicted octanol–water partition coefficient (Wildman–Crippen LogP) is 6.08. The molecule has 1 amide bonds. The second-order valence-electron chi connectivity index (χ2n) is 9.70. The lowest BCUT2D eigenvalue weighted by Crippen LogP contribution is -2.30. The molecule has 0 radical (unpaired) electrons. The number of pyridine rings is 1. The number of benzene rings is 3. The Hall–Kier alpha value is -5.15. The van der Waals surface area contributed by atoms with Gasteiger partial charge in [-0.25, -0.2) is 0 Å². The highest BCUT2D eigenvalue weighted by Gasteiger charge is 2.42. The van der Waals surface area contributed by atoms with Crippen LogP contribution in [-0.2, 0) is 4.79 Å². The second kappa shape index (κ2) is 12.2. The molecule has 2 N–H and O–H groups in total. The minimum atomic E-state index is -0.242. The average molecular weight is 576 g/mol. The number of para-hydroxylation sites is 1. The fourth-order valence-electron chi connectivity index (χ4n) is 5.13. The number of carbonyl (C=O) groups is 1. The van der Waals surface area contributed by atoms with Crippen LogP contribution in [-0.4, -0.2) is 34.3 Å². The summed E-state index contributed by atoms with van der Waals surface area (Å²) in [5, 5.41) is 6.99. The Kier molecular flexibility index (Phi) is 7.83. The highest BCUT2D eigenvalue weighted by molar-refractivity contribution is 7.80. The number of rotatable bonds is 9. The topological polar surface area (TPSA) is 80.7 Å². The molecule has 6 rings (SSSR count). The van der Waals surface area contributed by atoms with E-state index in [4.69, 9.17) is 21.7 Å². The summed E-state index contributed by atoms with van der Waals surface area (Å²) in [5.41, 5.74) is 4.43. The number of ether oxygens (including phenoxy) is 2. The molecule has 2 aromatic heterocycles. The maximum absolute atomic E-state index is 12.5. The van der Waals surface area contributed by atoms with Crippen LogP contribution in [0.2, 0.25) is 0 Å². The monoisotopic (exact) mass is 575 g/mol. The van der Waals surface area contributed by atoms with Gasteiger partial charge in [0, 0.05) is 41.2 Å². The molecule has 8 nitrogen and oxygen atoms in total. The van der Waals surface area contributed by atoms with Gasteiger partial charge in [0.25, 0.3) is 5.91 Å². The number of nitrogens with one attached hydrogen (secondary N) is 2. The van der Waals surface area contributed by atoms with Crippen molar-refractivity contribution in [3.63, 3.8) is 0 Å². The summed E-state index contributed by atoms with van der Waals surface area (Å²) < 4.78 is 13.2. The molecule has 1 fully saturated rings. The van der Waals surface area contributed by atoms with E-state index in [0.717, 1.165) is 28.5 Å². The zero-order valence-corrected chi connectivity index (χ0v) is 23.7. The first-order valence-electron chi connectivity index (χ1n) is 13.5. The van der Waals surface area contributed by atoms with E-state index in [0.29, 0.717) is 16.5 Å². The fourth-order valence-corrected chi connectivity index (χ4v) is 5.48. The van der Waals surface area contributed by atoms with Gasteiger partial charge in [0.05, 0.1) is 18.8 Å². The third-order valence-corrected chi connectivity index (χ3v) is 7.37. The van der Waals surface area contributed by atoms with Crippen molar-refractivity contribution in [2.24, 2.45) is 0 Å². The third-order valence-electron chi connectivity index (χ3n) is 7.06. The molecular formula is C33H29N5O3S. The summed E-state index contributed by atoms with van der Waals surface area (Å²) >= 11 is 5.91. The van der Waals surface area contributed by atoms with Crippen LogP contribution in [0.25, 0.3) is 5.69 Å². The first-order chi connectivity index (χ1) is 20.6. The molecule has 0 bridgehead atoms. The van der Waals surface area contributed by atoms with Gasteiger partial charge >= 0.3 is 0 Å². The van der Waals surface area contributed by atoms with Crippen molar-refractivity contribution in [2.75, 3.05) is 23.9 Å². The van der Waals surface area contributed by atoms with Crippen molar-refractivity contribution in [1.29, 1.82) is 0 Å². The number of amides is 1. The first-order valence-corrected chi connectivity index (χ1v) is 13.9. The normalized spacial score (nSPS) is 16.1. The van der Waals surface area contributed by atoms with Crippen LogP contribution in [0, 0.1) is 0 Å². The number of nitrogens with zero attached hydrogens (tertiary/aromatic N) is 3. The van der Waals surface area contributed by atoms with E-state index in [1.165, 1.54) is 0 Å². The lowest BCUT2D eigenvalue weighted by Gasteiger charge is -2.29.